The van der Waals surface area contributed by atoms with Gasteiger partial charge in [-0.3, -0.25) is 4.79 Å². The van der Waals surface area contributed by atoms with E-state index in [1.54, 1.807) is 7.11 Å². The fourth-order valence-corrected chi connectivity index (χ4v) is 1.82. The molecule has 0 amide bonds. The summed E-state index contributed by atoms with van der Waals surface area (Å²) in [7, 11) is 1.73. The van der Waals surface area contributed by atoms with E-state index in [9.17, 15) is 4.79 Å². The molecule has 1 fully saturated rings. The highest BCUT2D eigenvalue weighted by Crippen LogP contribution is 2.28. The lowest BCUT2D eigenvalue weighted by molar-refractivity contribution is -0.121. The summed E-state index contributed by atoms with van der Waals surface area (Å²) in [6.45, 7) is 4.15. The summed E-state index contributed by atoms with van der Waals surface area (Å²) >= 11 is 0. The summed E-state index contributed by atoms with van der Waals surface area (Å²) in [5, 5.41) is 0. The molecule has 0 aromatic heterocycles. The molecule has 1 rings (SSSR count). The van der Waals surface area contributed by atoms with Gasteiger partial charge in [-0.05, 0) is 39.5 Å². The van der Waals surface area contributed by atoms with E-state index in [-0.39, 0.29) is 5.60 Å². The van der Waals surface area contributed by atoms with Crippen molar-refractivity contribution in [3.05, 3.63) is 0 Å². The monoisotopic (exact) mass is 184 g/mol. The number of ketones is 1. The van der Waals surface area contributed by atoms with Crippen molar-refractivity contribution < 1.29 is 9.53 Å². The lowest BCUT2D eigenvalue weighted by atomic mass is 9.93. The second kappa shape index (κ2) is 4.23. The van der Waals surface area contributed by atoms with Gasteiger partial charge in [0.1, 0.15) is 5.78 Å². The van der Waals surface area contributed by atoms with Crippen LogP contribution in [0.3, 0.4) is 0 Å². The first-order chi connectivity index (χ1) is 6.05. The Morgan fingerprint density at radius 3 is 2.69 bits per heavy atom. The van der Waals surface area contributed by atoms with E-state index in [0.29, 0.717) is 11.7 Å². The molecule has 0 aromatic rings. The van der Waals surface area contributed by atoms with E-state index in [1.807, 2.05) is 0 Å². The van der Waals surface area contributed by atoms with Crippen LogP contribution in [-0.4, -0.2) is 18.5 Å². The number of rotatable bonds is 4. The van der Waals surface area contributed by atoms with Gasteiger partial charge in [-0.25, -0.2) is 0 Å². The van der Waals surface area contributed by atoms with Crippen LogP contribution in [0.4, 0.5) is 0 Å². The fourth-order valence-electron chi connectivity index (χ4n) is 1.82. The number of ether oxygens (including phenoxy) is 1. The molecule has 0 radical (unpaired) electrons. The van der Waals surface area contributed by atoms with Crippen molar-refractivity contribution in [3.8, 4) is 0 Å². The molecule has 0 heterocycles. The lowest BCUT2D eigenvalue weighted by Gasteiger charge is -2.23. The van der Waals surface area contributed by atoms with Crippen molar-refractivity contribution in [2.45, 2.75) is 51.6 Å². The van der Waals surface area contributed by atoms with Crippen LogP contribution in [0.1, 0.15) is 46.0 Å². The highest BCUT2D eigenvalue weighted by Gasteiger charge is 2.26. The molecule has 0 aliphatic heterocycles. The number of Topliss-reactive ketones (excluding diaryl/α,β-unsaturated/α-hetero) is 1. The number of hydrogen-bond donors (Lipinski definition) is 0. The molecule has 76 valence electrons. The predicted molar refractivity (Wildman–Crippen MR) is 52.7 cm³/mol. The van der Waals surface area contributed by atoms with E-state index in [0.717, 1.165) is 32.1 Å². The Labute approximate surface area is 80.7 Å². The largest absolute Gasteiger partial charge is 0.379 e. The first-order valence-electron chi connectivity index (χ1n) is 5.13. The maximum Gasteiger partial charge on any atom is 0.135 e. The minimum atomic E-state index is -0.0666. The highest BCUT2D eigenvalue weighted by molar-refractivity contribution is 5.82. The van der Waals surface area contributed by atoms with Gasteiger partial charge in [0.25, 0.3) is 0 Å². The minimum absolute atomic E-state index is 0.0666. The lowest BCUT2D eigenvalue weighted by Crippen LogP contribution is -2.24. The number of carbonyl (C=O) groups is 1. The third kappa shape index (κ3) is 3.11. The average molecular weight is 184 g/mol. The molecule has 0 saturated heterocycles. The van der Waals surface area contributed by atoms with Gasteiger partial charge >= 0.3 is 0 Å². The van der Waals surface area contributed by atoms with Crippen molar-refractivity contribution in [2.24, 2.45) is 5.92 Å². The van der Waals surface area contributed by atoms with Gasteiger partial charge in [0.15, 0.2) is 0 Å². The predicted octanol–water partition coefficient (Wildman–Crippen LogP) is 2.56. The molecule has 0 N–H and O–H groups in total. The zero-order chi connectivity index (χ0) is 9.90. The second-order valence-corrected chi connectivity index (χ2v) is 4.56. The summed E-state index contributed by atoms with van der Waals surface area (Å²) in [4.78, 5) is 11.3. The van der Waals surface area contributed by atoms with Crippen LogP contribution in [-0.2, 0) is 9.53 Å². The number of hydrogen-bond acceptors (Lipinski definition) is 2. The molecule has 2 nitrogen and oxygen atoms in total. The molecule has 1 atom stereocenters. The van der Waals surface area contributed by atoms with Gasteiger partial charge in [0, 0.05) is 19.4 Å². The van der Waals surface area contributed by atoms with Crippen LogP contribution in [0, 0.1) is 5.92 Å². The Balaban J connectivity index is 2.29. The van der Waals surface area contributed by atoms with E-state index in [2.05, 4.69) is 13.8 Å². The molecule has 0 bridgehead atoms. The zero-order valence-electron chi connectivity index (χ0n) is 8.93. The minimum Gasteiger partial charge on any atom is -0.379 e. The molecule has 13 heavy (non-hydrogen) atoms. The van der Waals surface area contributed by atoms with Crippen LogP contribution < -0.4 is 0 Å². The third-order valence-corrected chi connectivity index (χ3v) is 3.08. The summed E-state index contributed by atoms with van der Waals surface area (Å²) < 4.78 is 5.32. The Hall–Kier alpha value is -0.370. The number of carbonyl (C=O) groups excluding carboxylic acids is 1. The van der Waals surface area contributed by atoms with E-state index in [1.165, 1.54) is 0 Å². The normalized spacial score (nSPS) is 23.9. The number of methoxy groups -OCH3 is 1. The first kappa shape index (κ1) is 10.7. The Bertz CT molecular complexity index is 185. The van der Waals surface area contributed by atoms with Crippen molar-refractivity contribution in [3.63, 3.8) is 0 Å². The standard InChI is InChI=1S/C11H20O2/c1-11(2,13-3)8-7-9-5-4-6-10(9)12/h9H,4-8H2,1-3H3. The van der Waals surface area contributed by atoms with Crippen LogP contribution in [0.25, 0.3) is 0 Å². The Morgan fingerprint density at radius 2 is 2.23 bits per heavy atom. The molecule has 0 aromatic carbocycles. The van der Waals surface area contributed by atoms with Crippen LogP contribution >= 0.6 is 0 Å². The maximum absolute atomic E-state index is 11.3. The first-order valence-corrected chi connectivity index (χ1v) is 5.13. The highest BCUT2D eigenvalue weighted by atomic mass is 16.5. The van der Waals surface area contributed by atoms with Gasteiger partial charge in [0.05, 0.1) is 5.60 Å². The summed E-state index contributed by atoms with van der Waals surface area (Å²) in [6, 6.07) is 0. The molecular weight excluding hydrogens is 164 g/mol. The second-order valence-electron chi connectivity index (χ2n) is 4.56. The average Bonchev–Trinajstić information content (AvgIpc) is 2.48. The van der Waals surface area contributed by atoms with E-state index >= 15 is 0 Å². The summed E-state index contributed by atoms with van der Waals surface area (Å²) in [5.74, 6) is 0.793. The smallest absolute Gasteiger partial charge is 0.135 e. The van der Waals surface area contributed by atoms with Crippen molar-refractivity contribution in [1.82, 2.24) is 0 Å². The third-order valence-electron chi connectivity index (χ3n) is 3.08. The molecule has 0 spiro atoms. The van der Waals surface area contributed by atoms with Crippen LogP contribution in [0.5, 0.6) is 0 Å². The van der Waals surface area contributed by atoms with Crippen molar-refractivity contribution in [1.29, 1.82) is 0 Å². The topological polar surface area (TPSA) is 26.3 Å². The Morgan fingerprint density at radius 1 is 1.54 bits per heavy atom. The van der Waals surface area contributed by atoms with Gasteiger partial charge in [-0.2, -0.15) is 0 Å². The maximum atomic E-state index is 11.3. The summed E-state index contributed by atoms with van der Waals surface area (Å²) in [6.07, 6.45) is 4.98. The molecule has 1 saturated carbocycles. The Kier molecular flexibility index (Phi) is 3.48. The quantitative estimate of drug-likeness (QED) is 0.671. The van der Waals surface area contributed by atoms with Crippen LogP contribution in [0.2, 0.25) is 0 Å². The van der Waals surface area contributed by atoms with Gasteiger partial charge in [0.2, 0.25) is 0 Å². The zero-order valence-corrected chi connectivity index (χ0v) is 8.93. The molecule has 1 unspecified atom stereocenters. The van der Waals surface area contributed by atoms with Gasteiger partial charge in [-0.1, -0.05) is 0 Å². The fraction of sp³-hybridized carbons (Fsp3) is 0.909. The molecular formula is C11H20O2. The SMILES string of the molecule is COC(C)(C)CCC1CCCC1=O. The summed E-state index contributed by atoms with van der Waals surface area (Å²) in [5.41, 5.74) is -0.0666. The molecule has 2 heteroatoms. The van der Waals surface area contributed by atoms with Crippen molar-refractivity contribution >= 4 is 5.78 Å². The van der Waals surface area contributed by atoms with Gasteiger partial charge in [-0.15, -0.1) is 0 Å². The van der Waals surface area contributed by atoms with Crippen molar-refractivity contribution in [2.75, 3.05) is 7.11 Å². The van der Waals surface area contributed by atoms with Gasteiger partial charge < -0.3 is 4.74 Å². The van der Waals surface area contributed by atoms with E-state index in [4.69, 9.17) is 4.74 Å². The van der Waals surface area contributed by atoms with Crippen LogP contribution in [0.15, 0.2) is 0 Å². The molecule has 1 aliphatic carbocycles. The molecule has 1 aliphatic rings. The van der Waals surface area contributed by atoms with E-state index < -0.39 is 0 Å².